The van der Waals surface area contributed by atoms with E-state index < -0.39 is 12.5 Å². The van der Waals surface area contributed by atoms with Crippen LogP contribution in [0.2, 0.25) is 0 Å². The van der Waals surface area contributed by atoms with E-state index in [1.165, 1.54) is 37.1 Å². The molecule has 0 radical (unpaired) electrons. The van der Waals surface area contributed by atoms with Crippen LogP contribution in [0.1, 0.15) is 37.4 Å². The number of hydrazine groups is 1. The number of nitrogens with one attached hydrogen (secondary N) is 2. The van der Waals surface area contributed by atoms with Crippen molar-refractivity contribution in [3.8, 4) is 17.1 Å². The Morgan fingerprint density at radius 1 is 1.21 bits per heavy atom. The Morgan fingerprint density at radius 3 is 2.74 bits per heavy atom. The van der Waals surface area contributed by atoms with Crippen LogP contribution in [-0.4, -0.2) is 33.4 Å². The Balaban J connectivity index is 1.21. The first-order valence-electron chi connectivity index (χ1n) is 10.6. The molecule has 2 aromatic carbocycles. The summed E-state index contributed by atoms with van der Waals surface area (Å²) in [5, 5.41) is 5.85. The van der Waals surface area contributed by atoms with Crippen molar-refractivity contribution in [3.05, 3.63) is 60.0 Å². The average molecular weight is 491 g/mol. The van der Waals surface area contributed by atoms with Gasteiger partial charge in [0.15, 0.2) is 6.17 Å². The van der Waals surface area contributed by atoms with Crippen molar-refractivity contribution >= 4 is 17.8 Å². The summed E-state index contributed by atoms with van der Waals surface area (Å²) >= 11 is 1.65. The van der Waals surface area contributed by atoms with Crippen molar-refractivity contribution in [2.24, 2.45) is 4.99 Å². The van der Waals surface area contributed by atoms with Crippen LogP contribution in [-0.2, 0) is 6.54 Å². The monoisotopic (exact) mass is 490 g/mol. The van der Waals surface area contributed by atoms with Crippen molar-refractivity contribution in [1.82, 2.24) is 25.3 Å². The number of benzene rings is 2. The molecule has 1 aliphatic carbocycles. The quantitative estimate of drug-likeness (QED) is 0.434. The summed E-state index contributed by atoms with van der Waals surface area (Å²) in [5.41, 5.74) is 4.87. The molecule has 1 unspecified atom stereocenters. The van der Waals surface area contributed by atoms with Crippen LogP contribution in [0.3, 0.4) is 0 Å². The van der Waals surface area contributed by atoms with Gasteiger partial charge in [-0.3, -0.25) is 9.73 Å². The summed E-state index contributed by atoms with van der Waals surface area (Å²) in [5.74, 6) is 0.951. The van der Waals surface area contributed by atoms with E-state index >= 15 is 0 Å². The lowest BCUT2D eigenvalue weighted by Crippen LogP contribution is -2.36. The zero-order valence-corrected chi connectivity index (χ0v) is 18.9. The molecule has 0 saturated heterocycles. The Kier molecular flexibility index (Phi) is 6.19. The van der Waals surface area contributed by atoms with Crippen molar-refractivity contribution < 1.29 is 22.4 Å². The molecule has 8 nitrogen and oxygen atoms in total. The van der Waals surface area contributed by atoms with Crippen LogP contribution in [0, 0.1) is 0 Å². The minimum atomic E-state index is -4.75. The standard InChI is InChI=1S/C22H21F3N6O2S/c1-13-26-20(28-31(13)12-14-3-2-4-18(11-14)34-30-16-7-8-16)21-27-19(29-33-21)15-5-9-17(10-6-15)32-22(23,24)25/h2-6,9-11,16,20,28,30H,7-8,12H2,1H3. The first kappa shape index (κ1) is 22.7. The second-order valence-electron chi connectivity index (χ2n) is 7.96. The van der Waals surface area contributed by atoms with E-state index in [0.717, 1.165) is 16.3 Å². The molecule has 5 rings (SSSR count). The molecule has 1 saturated carbocycles. The Morgan fingerprint density at radius 2 is 2.00 bits per heavy atom. The zero-order valence-electron chi connectivity index (χ0n) is 18.0. The lowest BCUT2D eigenvalue weighted by molar-refractivity contribution is -0.274. The fraction of sp³-hybridized carbons (Fsp3) is 0.318. The number of aromatic nitrogens is 2. The molecule has 1 aliphatic heterocycles. The Hall–Kier alpha value is -3.09. The number of aliphatic imine (C=N–C) groups is 1. The molecule has 1 atom stereocenters. The van der Waals surface area contributed by atoms with Crippen molar-refractivity contribution in [2.45, 2.75) is 49.8 Å². The smallest absolute Gasteiger partial charge is 0.406 e. The summed E-state index contributed by atoms with van der Waals surface area (Å²) in [6.07, 6.45) is -2.83. The molecule has 0 amide bonds. The predicted octanol–water partition coefficient (Wildman–Crippen LogP) is 4.83. The number of nitrogens with zero attached hydrogens (tertiary/aromatic N) is 4. The topological polar surface area (TPSA) is 87.8 Å². The molecule has 0 bridgehead atoms. The van der Waals surface area contributed by atoms with Gasteiger partial charge in [0, 0.05) is 16.5 Å². The molecule has 2 aliphatic rings. The molecule has 1 aromatic heterocycles. The highest BCUT2D eigenvalue weighted by Gasteiger charge is 2.31. The van der Waals surface area contributed by atoms with Gasteiger partial charge >= 0.3 is 6.36 Å². The lowest BCUT2D eigenvalue weighted by atomic mass is 10.2. The van der Waals surface area contributed by atoms with Gasteiger partial charge in [-0.1, -0.05) is 17.3 Å². The number of hydrogen-bond acceptors (Lipinski definition) is 9. The van der Waals surface area contributed by atoms with Gasteiger partial charge in [-0.05, 0) is 73.7 Å². The van der Waals surface area contributed by atoms with E-state index in [1.54, 1.807) is 11.9 Å². The van der Waals surface area contributed by atoms with E-state index in [1.807, 2.05) is 18.0 Å². The highest BCUT2D eigenvalue weighted by molar-refractivity contribution is 7.97. The fourth-order valence-corrected chi connectivity index (χ4v) is 4.20. The van der Waals surface area contributed by atoms with E-state index in [9.17, 15) is 13.2 Å². The molecule has 2 N–H and O–H groups in total. The third-order valence-electron chi connectivity index (χ3n) is 5.17. The van der Waals surface area contributed by atoms with Gasteiger partial charge in [0.2, 0.25) is 5.82 Å². The second-order valence-corrected chi connectivity index (χ2v) is 8.88. The first-order valence-corrected chi connectivity index (χ1v) is 11.4. The molecule has 178 valence electrons. The number of alkyl halides is 3. The van der Waals surface area contributed by atoms with Crippen molar-refractivity contribution in [3.63, 3.8) is 0 Å². The van der Waals surface area contributed by atoms with Crippen LogP contribution in [0.4, 0.5) is 13.2 Å². The molecule has 34 heavy (non-hydrogen) atoms. The SMILES string of the molecule is CC1=NC(c2nc(-c3ccc(OC(F)(F)F)cc3)no2)NN1Cc1cccc(SNC2CC2)c1. The van der Waals surface area contributed by atoms with Crippen LogP contribution in [0.25, 0.3) is 11.4 Å². The lowest BCUT2D eigenvalue weighted by Gasteiger charge is -2.19. The number of halogens is 3. The number of rotatable bonds is 8. The van der Waals surface area contributed by atoms with Crippen molar-refractivity contribution in [2.75, 3.05) is 0 Å². The third-order valence-corrected chi connectivity index (χ3v) is 6.11. The summed E-state index contributed by atoms with van der Waals surface area (Å²) in [6.45, 7) is 2.49. The summed E-state index contributed by atoms with van der Waals surface area (Å²) in [4.78, 5) is 10.1. The predicted molar refractivity (Wildman–Crippen MR) is 119 cm³/mol. The normalized spacial score (nSPS) is 18.3. The summed E-state index contributed by atoms with van der Waals surface area (Å²) < 4.78 is 49.7. The molecular weight excluding hydrogens is 469 g/mol. The van der Waals surface area contributed by atoms with Gasteiger partial charge in [-0.2, -0.15) is 4.98 Å². The van der Waals surface area contributed by atoms with Gasteiger partial charge in [0.05, 0.1) is 6.54 Å². The number of hydrogen-bond donors (Lipinski definition) is 2. The third kappa shape index (κ3) is 5.69. The minimum absolute atomic E-state index is 0.245. The minimum Gasteiger partial charge on any atom is -0.406 e. The second kappa shape index (κ2) is 9.28. The van der Waals surface area contributed by atoms with Gasteiger partial charge in [-0.15, -0.1) is 13.2 Å². The molecule has 2 heterocycles. The highest BCUT2D eigenvalue weighted by atomic mass is 32.2. The average Bonchev–Trinajstić information content (AvgIpc) is 3.37. The number of ether oxygens (including phenoxy) is 1. The summed E-state index contributed by atoms with van der Waals surface area (Å²) in [7, 11) is 0. The number of amidine groups is 1. The van der Waals surface area contributed by atoms with Gasteiger partial charge in [0.1, 0.15) is 11.6 Å². The maximum atomic E-state index is 12.3. The van der Waals surface area contributed by atoms with E-state index in [4.69, 9.17) is 4.52 Å². The Labute approximate surface area is 197 Å². The van der Waals surface area contributed by atoms with Crippen LogP contribution >= 0.6 is 11.9 Å². The molecule has 0 spiro atoms. The van der Waals surface area contributed by atoms with Crippen LogP contribution < -0.4 is 14.9 Å². The van der Waals surface area contributed by atoms with Gasteiger partial charge in [-0.25, -0.2) is 10.4 Å². The van der Waals surface area contributed by atoms with Crippen molar-refractivity contribution in [1.29, 1.82) is 0 Å². The van der Waals surface area contributed by atoms with E-state index in [-0.39, 0.29) is 17.5 Å². The molecular formula is C22H21F3N6O2S. The molecule has 1 fully saturated rings. The molecule has 3 aromatic rings. The van der Waals surface area contributed by atoms with Gasteiger partial charge in [0.25, 0.3) is 5.89 Å². The fourth-order valence-electron chi connectivity index (χ4n) is 3.31. The molecule has 12 heteroatoms. The maximum Gasteiger partial charge on any atom is 0.573 e. The van der Waals surface area contributed by atoms with E-state index in [2.05, 4.69) is 48.2 Å². The highest BCUT2D eigenvalue weighted by Crippen LogP contribution is 2.28. The van der Waals surface area contributed by atoms with Gasteiger partial charge < -0.3 is 9.26 Å². The summed E-state index contributed by atoms with van der Waals surface area (Å²) in [6, 6.07) is 14.2. The zero-order chi connectivity index (χ0) is 23.7. The van der Waals surface area contributed by atoms with Crippen LogP contribution in [0.5, 0.6) is 5.75 Å². The maximum absolute atomic E-state index is 12.3. The largest absolute Gasteiger partial charge is 0.573 e. The van der Waals surface area contributed by atoms with E-state index in [0.29, 0.717) is 18.2 Å². The first-order chi connectivity index (χ1) is 16.3. The Bertz CT molecular complexity index is 1180. The van der Waals surface area contributed by atoms with Crippen LogP contribution in [0.15, 0.2) is 62.9 Å².